The highest BCUT2D eigenvalue weighted by atomic mass is 79.9. The summed E-state index contributed by atoms with van der Waals surface area (Å²) in [5.41, 5.74) is -0.299. The van der Waals surface area contributed by atoms with Crippen LogP contribution >= 0.6 is 15.9 Å². The average molecular weight is 342 g/mol. The summed E-state index contributed by atoms with van der Waals surface area (Å²) >= 11 is 3.49. The Hall–Kier alpha value is -0.680. The molecule has 0 aliphatic heterocycles. The summed E-state index contributed by atoms with van der Waals surface area (Å²) in [5, 5.41) is 3.27. The van der Waals surface area contributed by atoms with E-state index in [0.29, 0.717) is 6.61 Å². The smallest absolute Gasteiger partial charge is 0.162 e. The lowest BCUT2D eigenvalue weighted by Crippen LogP contribution is -2.36. The Morgan fingerprint density at radius 2 is 2.10 bits per heavy atom. The van der Waals surface area contributed by atoms with E-state index < -0.39 is 0 Å². The van der Waals surface area contributed by atoms with E-state index in [2.05, 4.69) is 40.1 Å². The Bertz CT molecular complexity index is 445. The molecule has 1 saturated carbocycles. The van der Waals surface area contributed by atoms with Gasteiger partial charge in [-0.1, -0.05) is 6.92 Å². The Kier molecular flexibility index (Phi) is 5.38. The number of ether oxygens (including phenoxy) is 1. The molecule has 112 valence electrons. The highest BCUT2D eigenvalue weighted by Gasteiger charge is 2.39. The SMILES string of the molecule is CCNc1nc(C2(OCC)CCC(C)CC2)ncc1Br. The van der Waals surface area contributed by atoms with E-state index in [4.69, 9.17) is 9.72 Å². The molecule has 0 aromatic carbocycles. The van der Waals surface area contributed by atoms with Crippen molar-refractivity contribution in [3.8, 4) is 0 Å². The predicted octanol–water partition coefficient (Wildman–Crippen LogP) is 4.11. The summed E-state index contributed by atoms with van der Waals surface area (Å²) in [4.78, 5) is 9.25. The zero-order valence-electron chi connectivity index (χ0n) is 12.6. The van der Waals surface area contributed by atoms with Gasteiger partial charge >= 0.3 is 0 Å². The van der Waals surface area contributed by atoms with E-state index in [1.165, 1.54) is 12.8 Å². The van der Waals surface area contributed by atoms with Gasteiger partial charge in [0.05, 0.1) is 4.47 Å². The zero-order chi connectivity index (χ0) is 14.6. The topological polar surface area (TPSA) is 47.0 Å². The lowest BCUT2D eigenvalue weighted by Gasteiger charge is -2.37. The molecule has 0 bridgehead atoms. The molecular formula is C15H24BrN3O. The van der Waals surface area contributed by atoms with Crippen LogP contribution in [0.3, 0.4) is 0 Å². The van der Waals surface area contributed by atoms with Gasteiger partial charge in [0.25, 0.3) is 0 Å². The summed E-state index contributed by atoms with van der Waals surface area (Å²) in [7, 11) is 0. The molecule has 0 unspecified atom stereocenters. The summed E-state index contributed by atoms with van der Waals surface area (Å²) in [6, 6.07) is 0. The van der Waals surface area contributed by atoms with E-state index >= 15 is 0 Å². The molecule has 0 saturated heterocycles. The van der Waals surface area contributed by atoms with Crippen LogP contribution < -0.4 is 5.32 Å². The Morgan fingerprint density at radius 1 is 1.40 bits per heavy atom. The Balaban J connectivity index is 2.31. The first-order valence-corrected chi connectivity index (χ1v) is 8.31. The van der Waals surface area contributed by atoms with Gasteiger partial charge in [-0.15, -0.1) is 0 Å². The number of anilines is 1. The van der Waals surface area contributed by atoms with Crippen LogP contribution in [-0.2, 0) is 10.3 Å². The number of hydrogen-bond acceptors (Lipinski definition) is 4. The molecule has 1 aliphatic carbocycles. The third kappa shape index (κ3) is 3.31. The summed E-state index contributed by atoms with van der Waals surface area (Å²) in [6.45, 7) is 7.96. The second-order valence-electron chi connectivity index (χ2n) is 5.53. The number of rotatable bonds is 5. The lowest BCUT2D eigenvalue weighted by atomic mass is 9.79. The normalized spacial score (nSPS) is 26.5. The van der Waals surface area contributed by atoms with Crippen LogP contribution in [0.1, 0.15) is 52.3 Å². The largest absolute Gasteiger partial charge is 0.369 e. The lowest BCUT2D eigenvalue weighted by molar-refractivity contribution is -0.0836. The fourth-order valence-corrected chi connectivity index (χ4v) is 3.15. The minimum Gasteiger partial charge on any atom is -0.369 e. The predicted molar refractivity (Wildman–Crippen MR) is 84.8 cm³/mol. The third-order valence-electron chi connectivity index (χ3n) is 4.00. The first-order chi connectivity index (χ1) is 9.61. The molecule has 0 amide bonds. The number of nitrogens with zero attached hydrogens (tertiary/aromatic N) is 2. The summed E-state index contributed by atoms with van der Waals surface area (Å²) in [6.07, 6.45) is 6.20. The van der Waals surface area contributed by atoms with E-state index in [-0.39, 0.29) is 5.60 Å². The number of aromatic nitrogens is 2. The summed E-state index contributed by atoms with van der Waals surface area (Å²) < 4.78 is 7.01. The van der Waals surface area contributed by atoms with Crippen molar-refractivity contribution in [1.82, 2.24) is 9.97 Å². The van der Waals surface area contributed by atoms with E-state index in [1.54, 1.807) is 0 Å². The van der Waals surface area contributed by atoms with Gasteiger partial charge in [0, 0.05) is 19.3 Å². The molecule has 20 heavy (non-hydrogen) atoms. The highest BCUT2D eigenvalue weighted by Crippen LogP contribution is 2.41. The van der Waals surface area contributed by atoms with Crippen molar-refractivity contribution in [1.29, 1.82) is 0 Å². The van der Waals surface area contributed by atoms with Crippen LogP contribution in [0.4, 0.5) is 5.82 Å². The van der Waals surface area contributed by atoms with Crippen LogP contribution in [0.25, 0.3) is 0 Å². The fourth-order valence-electron chi connectivity index (χ4n) is 2.82. The molecule has 1 fully saturated rings. The van der Waals surface area contributed by atoms with Crippen molar-refractivity contribution in [2.45, 2.75) is 52.1 Å². The molecule has 0 atom stereocenters. The second kappa shape index (κ2) is 6.85. The molecule has 4 nitrogen and oxygen atoms in total. The maximum absolute atomic E-state index is 6.11. The van der Waals surface area contributed by atoms with Gasteiger partial charge in [-0.3, -0.25) is 0 Å². The van der Waals surface area contributed by atoms with E-state index in [1.807, 2.05) is 13.1 Å². The van der Waals surface area contributed by atoms with Crippen molar-refractivity contribution < 1.29 is 4.74 Å². The van der Waals surface area contributed by atoms with Gasteiger partial charge in [-0.05, 0) is 61.4 Å². The van der Waals surface area contributed by atoms with E-state index in [9.17, 15) is 0 Å². The first-order valence-electron chi connectivity index (χ1n) is 7.52. The van der Waals surface area contributed by atoms with Gasteiger partial charge in [-0.2, -0.15) is 0 Å². The fraction of sp³-hybridized carbons (Fsp3) is 0.733. The van der Waals surface area contributed by atoms with Crippen molar-refractivity contribution in [3.05, 3.63) is 16.5 Å². The van der Waals surface area contributed by atoms with Crippen molar-refractivity contribution in [2.24, 2.45) is 5.92 Å². The monoisotopic (exact) mass is 341 g/mol. The van der Waals surface area contributed by atoms with Gasteiger partial charge < -0.3 is 10.1 Å². The number of hydrogen-bond donors (Lipinski definition) is 1. The number of nitrogens with one attached hydrogen (secondary N) is 1. The number of halogens is 1. The van der Waals surface area contributed by atoms with Crippen molar-refractivity contribution in [2.75, 3.05) is 18.5 Å². The van der Waals surface area contributed by atoms with Crippen LogP contribution in [0, 0.1) is 5.92 Å². The van der Waals surface area contributed by atoms with Gasteiger partial charge in [0.2, 0.25) is 0 Å². The third-order valence-corrected chi connectivity index (χ3v) is 4.58. The van der Waals surface area contributed by atoms with Crippen molar-refractivity contribution >= 4 is 21.7 Å². The molecule has 1 heterocycles. The Morgan fingerprint density at radius 3 is 2.70 bits per heavy atom. The molecule has 0 spiro atoms. The minimum atomic E-state index is -0.299. The highest BCUT2D eigenvalue weighted by molar-refractivity contribution is 9.10. The van der Waals surface area contributed by atoms with Crippen LogP contribution in [0.15, 0.2) is 10.7 Å². The first kappa shape index (κ1) is 15.7. The van der Waals surface area contributed by atoms with Gasteiger partial charge in [0.1, 0.15) is 11.4 Å². The average Bonchev–Trinajstić information content (AvgIpc) is 2.44. The molecule has 5 heteroatoms. The summed E-state index contributed by atoms with van der Waals surface area (Å²) in [5.74, 6) is 2.45. The van der Waals surface area contributed by atoms with Crippen LogP contribution in [0.2, 0.25) is 0 Å². The zero-order valence-corrected chi connectivity index (χ0v) is 14.2. The van der Waals surface area contributed by atoms with Gasteiger partial charge in [0.15, 0.2) is 5.82 Å². The molecule has 1 aromatic rings. The minimum absolute atomic E-state index is 0.299. The van der Waals surface area contributed by atoms with E-state index in [0.717, 1.165) is 41.4 Å². The van der Waals surface area contributed by atoms with Crippen LogP contribution in [-0.4, -0.2) is 23.1 Å². The second-order valence-corrected chi connectivity index (χ2v) is 6.38. The van der Waals surface area contributed by atoms with Crippen molar-refractivity contribution in [3.63, 3.8) is 0 Å². The van der Waals surface area contributed by atoms with Crippen LogP contribution in [0.5, 0.6) is 0 Å². The Labute approximate surface area is 129 Å². The maximum Gasteiger partial charge on any atom is 0.162 e. The molecule has 1 aromatic heterocycles. The molecule has 1 aliphatic rings. The molecule has 0 radical (unpaired) electrons. The molecule has 2 rings (SSSR count). The molecular weight excluding hydrogens is 318 g/mol. The standard InChI is InChI=1S/C15H24BrN3O/c1-4-17-13-12(16)10-18-14(19-13)15(20-5-2)8-6-11(3)7-9-15/h10-11H,4-9H2,1-3H3,(H,17,18,19). The van der Waals surface area contributed by atoms with Gasteiger partial charge in [-0.25, -0.2) is 9.97 Å². The quantitative estimate of drug-likeness (QED) is 0.875. The maximum atomic E-state index is 6.11. The molecule has 1 N–H and O–H groups in total.